The third kappa shape index (κ3) is 1.92. The molecule has 21 heavy (non-hydrogen) atoms. The summed E-state index contributed by atoms with van der Waals surface area (Å²) >= 11 is 5.32. The maximum atomic E-state index is 13.9. The minimum atomic E-state index is -0.606. The van der Waals surface area contributed by atoms with Crippen LogP contribution in [0.2, 0.25) is 0 Å². The van der Waals surface area contributed by atoms with Crippen molar-refractivity contribution in [3.8, 4) is 0 Å². The Morgan fingerprint density at radius 3 is 2.43 bits per heavy atom. The van der Waals surface area contributed by atoms with Gasteiger partial charge in [0.1, 0.15) is 11.3 Å². The summed E-state index contributed by atoms with van der Waals surface area (Å²) in [6.07, 6.45) is 1.66. The summed E-state index contributed by atoms with van der Waals surface area (Å²) in [6, 6.07) is 10.5. The maximum Gasteiger partial charge on any atom is 0.178 e. The van der Waals surface area contributed by atoms with Crippen LogP contribution in [-0.4, -0.2) is 9.55 Å². The fourth-order valence-corrected chi connectivity index (χ4v) is 3.58. The molecular formula is C16H12F2N2S. The summed E-state index contributed by atoms with van der Waals surface area (Å²) in [5.74, 6) is -1.19. The van der Waals surface area contributed by atoms with Crippen molar-refractivity contribution >= 4 is 23.3 Å². The first kappa shape index (κ1) is 12.7. The van der Waals surface area contributed by atoms with Crippen LogP contribution < -0.4 is 0 Å². The molecule has 0 radical (unpaired) electrons. The van der Waals surface area contributed by atoms with E-state index in [1.807, 2.05) is 16.7 Å². The predicted octanol–water partition coefficient (Wildman–Crippen LogP) is 4.32. The van der Waals surface area contributed by atoms with Gasteiger partial charge in [-0.2, -0.15) is 0 Å². The Morgan fingerprint density at radius 1 is 1.10 bits per heavy atom. The maximum absolute atomic E-state index is 13.9. The van der Waals surface area contributed by atoms with Gasteiger partial charge in [-0.05, 0) is 42.3 Å². The number of hydrogen-bond acceptors (Lipinski definition) is 1. The zero-order valence-corrected chi connectivity index (χ0v) is 11.9. The number of nitrogens with zero attached hydrogens (tertiary/aromatic N) is 1. The van der Waals surface area contributed by atoms with Gasteiger partial charge in [-0.15, -0.1) is 0 Å². The van der Waals surface area contributed by atoms with Gasteiger partial charge in [-0.1, -0.05) is 24.3 Å². The predicted molar refractivity (Wildman–Crippen MR) is 79.9 cm³/mol. The summed E-state index contributed by atoms with van der Waals surface area (Å²) in [5.41, 5.74) is 3.32. The third-order valence-corrected chi connectivity index (χ3v) is 4.44. The SMILES string of the molecule is Fc1cc(F)c2[nH]c(=S)n(C3Cc4ccccc4C3)c2c1. The zero-order chi connectivity index (χ0) is 14.6. The highest BCUT2D eigenvalue weighted by Crippen LogP contribution is 2.33. The average molecular weight is 302 g/mol. The Bertz CT molecular complexity index is 885. The number of fused-ring (bicyclic) bond motifs is 2. The Labute approximate surface area is 125 Å². The second-order valence-electron chi connectivity index (χ2n) is 5.41. The van der Waals surface area contributed by atoms with Gasteiger partial charge >= 0.3 is 0 Å². The van der Waals surface area contributed by atoms with Crippen molar-refractivity contribution in [2.24, 2.45) is 0 Å². The minimum Gasteiger partial charge on any atom is -0.328 e. The summed E-state index contributed by atoms with van der Waals surface area (Å²) in [5, 5.41) is 0. The van der Waals surface area contributed by atoms with Crippen LogP contribution in [0.4, 0.5) is 8.78 Å². The number of H-pyrrole nitrogens is 1. The molecule has 1 aliphatic carbocycles. The highest BCUT2D eigenvalue weighted by Gasteiger charge is 2.25. The molecule has 0 saturated carbocycles. The molecule has 0 saturated heterocycles. The van der Waals surface area contributed by atoms with E-state index in [1.165, 1.54) is 17.2 Å². The Balaban J connectivity index is 1.89. The molecule has 5 heteroatoms. The first-order valence-electron chi connectivity index (χ1n) is 6.79. The summed E-state index contributed by atoms with van der Waals surface area (Å²) in [4.78, 5) is 2.86. The van der Waals surface area contributed by atoms with Crippen molar-refractivity contribution in [1.29, 1.82) is 0 Å². The van der Waals surface area contributed by atoms with E-state index in [1.54, 1.807) is 0 Å². The molecule has 2 aromatic carbocycles. The van der Waals surface area contributed by atoms with Crippen molar-refractivity contribution in [3.05, 3.63) is 63.9 Å². The Hall–Kier alpha value is -2.01. The highest BCUT2D eigenvalue weighted by molar-refractivity contribution is 7.71. The number of aromatic nitrogens is 2. The molecule has 0 bridgehead atoms. The number of rotatable bonds is 1. The fourth-order valence-electron chi connectivity index (χ4n) is 3.23. The zero-order valence-electron chi connectivity index (χ0n) is 11.1. The second-order valence-corrected chi connectivity index (χ2v) is 5.80. The van der Waals surface area contributed by atoms with Gasteiger partial charge in [0, 0.05) is 12.1 Å². The van der Waals surface area contributed by atoms with Crippen molar-refractivity contribution < 1.29 is 8.78 Å². The second kappa shape index (κ2) is 4.49. The topological polar surface area (TPSA) is 20.7 Å². The lowest BCUT2D eigenvalue weighted by Gasteiger charge is -2.12. The monoisotopic (exact) mass is 302 g/mol. The summed E-state index contributed by atoms with van der Waals surface area (Å²) in [7, 11) is 0. The molecule has 0 aliphatic heterocycles. The minimum absolute atomic E-state index is 0.102. The van der Waals surface area contributed by atoms with Crippen LogP contribution in [0.3, 0.4) is 0 Å². The molecule has 3 aromatic rings. The van der Waals surface area contributed by atoms with Crippen LogP contribution in [0.5, 0.6) is 0 Å². The van der Waals surface area contributed by atoms with Crippen LogP contribution in [0, 0.1) is 16.4 Å². The fraction of sp³-hybridized carbons (Fsp3) is 0.188. The molecule has 2 nitrogen and oxygen atoms in total. The third-order valence-electron chi connectivity index (χ3n) is 4.14. The van der Waals surface area contributed by atoms with Gasteiger partial charge in [-0.25, -0.2) is 8.78 Å². The average Bonchev–Trinajstić information content (AvgIpc) is 2.98. The van der Waals surface area contributed by atoms with Crippen molar-refractivity contribution in [2.75, 3.05) is 0 Å². The van der Waals surface area contributed by atoms with Crippen LogP contribution in [-0.2, 0) is 12.8 Å². The van der Waals surface area contributed by atoms with E-state index in [4.69, 9.17) is 12.2 Å². The summed E-state index contributed by atoms with van der Waals surface area (Å²) < 4.78 is 29.7. The van der Waals surface area contributed by atoms with E-state index in [0.717, 1.165) is 18.9 Å². The quantitative estimate of drug-likeness (QED) is 0.664. The Morgan fingerprint density at radius 2 is 1.76 bits per heavy atom. The molecule has 0 spiro atoms. The van der Waals surface area contributed by atoms with Gasteiger partial charge in [0.25, 0.3) is 0 Å². The van der Waals surface area contributed by atoms with Gasteiger partial charge in [-0.3, -0.25) is 0 Å². The number of halogens is 2. The Kier molecular flexibility index (Phi) is 2.72. The molecule has 0 atom stereocenters. The van der Waals surface area contributed by atoms with E-state index in [9.17, 15) is 8.78 Å². The van der Waals surface area contributed by atoms with Gasteiger partial charge in [0.15, 0.2) is 10.6 Å². The van der Waals surface area contributed by atoms with Crippen molar-refractivity contribution in [3.63, 3.8) is 0 Å². The number of imidazole rings is 1. The van der Waals surface area contributed by atoms with Crippen LogP contribution in [0.15, 0.2) is 36.4 Å². The molecule has 1 aliphatic rings. The van der Waals surface area contributed by atoms with E-state index < -0.39 is 11.6 Å². The van der Waals surface area contributed by atoms with Crippen molar-refractivity contribution in [1.82, 2.24) is 9.55 Å². The largest absolute Gasteiger partial charge is 0.328 e. The number of aromatic amines is 1. The normalized spacial score (nSPS) is 14.8. The van der Waals surface area contributed by atoms with E-state index in [-0.39, 0.29) is 11.6 Å². The lowest BCUT2D eigenvalue weighted by molar-refractivity contribution is 0.535. The van der Waals surface area contributed by atoms with E-state index in [2.05, 4.69) is 17.1 Å². The molecular weight excluding hydrogens is 290 g/mol. The van der Waals surface area contributed by atoms with Gasteiger partial charge in [0.2, 0.25) is 0 Å². The van der Waals surface area contributed by atoms with E-state index >= 15 is 0 Å². The first-order chi connectivity index (χ1) is 10.1. The van der Waals surface area contributed by atoms with Crippen LogP contribution in [0.25, 0.3) is 11.0 Å². The van der Waals surface area contributed by atoms with Crippen LogP contribution >= 0.6 is 12.2 Å². The summed E-state index contributed by atoms with van der Waals surface area (Å²) in [6.45, 7) is 0. The number of nitrogens with one attached hydrogen (secondary N) is 1. The molecule has 0 unspecified atom stereocenters. The highest BCUT2D eigenvalue weighted by atomic mass is 32.1. The molecule has 0 fully saturated rings. The lowest BCUT2D eigenvalue weighted by Crippen LogP contribution is -2.09. The van der Waals surface area contributed by atoms with E-state index in [0.29, 0.717) is 10.3 Å². The first-order valence-corrected chi connectivity index (χ1v) is 7.20. The molecule has 1 N–H and O–H groups in total. The van der Waals surface area contributed by atoms with Crippen LogP contribution in [0.1, 0.15) is 17.2 Å². The molecule has 0 amide bonds. The molecule has 106 valence electrons. The van der Waals surface area contributed by atoms with Gasteiger partial charge < -0.3 is 9.55 Å². The molecule has 4 rings (SSSR count). The smallest absolute Gasteiger partial charge is 0.178 e. The number of benzene rings is 2. The molecule has 1 aromatic heterocycles. The van der Waals surface area contributed by atoms with Crippen molar-refractivity contribution in [2.45, 2.75) is 18.9 Å². The van der Waals surface area contributed by atoms with Gasteiger partial charge in [0.05, 0.1) is 5.52 Å². The number of hydrogen-bond donors (Lipinski definition) is 1. The standard InChI is InChI=1S/C16H12F2N2S/c17-11-7-13(18)15-14(8-11)20(16(21)19-15)12-5-9-3-1-2-4-10(9)6-12/h1-4,7-8,12H,5-6H2,(H,19,21). The molecule has 1 heterocycles. The lowest BCUT2D eigenvalue weighted by atomic mass is 10.1.